The van der Waals surface area contributed by atoms with Gasteiger partial charge >= 0.3 is 0 Å². The van der Waals surface area contributed by atoms with Gasteiger partial charge in [-0.15, -0.1) is 0 Å². The fourth-order valence-corrected chi connectivity index (χ4v) is 3.57. The minimum absolute atomic E-state index is 0.0612. The number of carbonyl (C=O) groups is 1. The second kappa shape index (κ2) is 7.60. The van der Waals surface area contributed by atoms with Gasteiger partial charge in [0, 0.05) is 18.0 Å². The van der Waals surface area contributed by atoms with E-state index < -0.39 is 15.7 Å². The first-order chi connectivity index (χ1) is 11.8. The molecule has 2 rings (SSSR count). The van der Waals surface area contributed by atoms with E-state index in [1.54, 1.807) is 6.20 Å². The lowest BCUT2D eigenvalue weighted by molar-refractivity contribution is 0.0931. The van der Waals surface area contributed by atoms with Gasteiger partial charge in [0.25, 0.3) is 5.91 Å². The Morgan fingerprint density at radius 1 is 1.36 bits per heavy atom. The van der Waals surface area contributed by atoms with Crippen molar-refractivity contribution < 1.29 is 17.9 Å². The summed E-state index contributed by atoms with van der Waals surface area (Å²) in [6.45, 7) is 3.47. The molecule has 1 heterocycles. The largest absolute Gasteiger partial charge is 0.496 e. The molecule has 0 saturated heterocycles. The van der Waals surface area contributed by atoms with Crippen molar-refractivity contribution in [3.8, 4) is 5.75 Å². The fourth-order valence-electron chi connectivity index (χ4n) is 2.54. The molecule has 7 nitrogen and oxygen atoms in total. The Morgan fingerprint density at radius 2 is 2.08 bits per heavy atom. The van der Waals surface area contributed by atoms with Crippen LogP contribution in [0.1, 0.15) is 42.4 Å². The molecule has 0 aliphatic carbocycles. The van der Waals surface area contributed by atoms with E-state index in [1.807, 2.05) is 19.1 Å². The summed E-state index contributed by atoms with van der Waals surface area (Å²) < 4.78 is 29.6. The Balaban J connectivity index is 2.42. The van der Waals surface area contributed by atoms with Crippen LogP contribution in [0.15, 0.2) is 35.4 Å². The highest BCUT2D eigenvalue weighted by Gasteiger charge is 2.23. The number of aromatic amines is 1. The maximum Gasteiger partial charge on any atom is 0.255 e. The van der Waals surface area contributed by atoms with Crippen molar-refractivity contribution in [3.63, 3.8) is 0 Å². The molecular weight excluding hydrogens is 342 g/mol. The smallest absolute Gasteiger partial charge is 0.255 e. The van der Waals surface area contributed by atoms with Crippen LogP contribution in [0.5, 0.6) is 5.75 Å². The summed E-state index contributed by atoms with van der Waals surface area (Å²) in [6, 6.07) is 6.15. The van der Waals surface area contributed by atoms with Crippen molar-refractivity contribution in [3.05, 3.63) is 41.7 Å². The molecule has 1 unspecified atom stereocenters. The Hall–Kier alpha value is -2.48. The molecule has 0 radical (unpaired) electrons. The third-order valence-electron chi connectivity index (χ3n) is 4.00. The normalized spacial score (nSPS) is 12.6. The summed E-state index contributed by atoms with van der Waals surface area (Å²) in [6.07, 6.45) is 2.45. The van der Waals surface area contributed by atoms with Crippen LogP contribution in [0, 0.1) is 0 Å². The average Bonchev–Trinajstić information content (AvgIpc) is 3.13. The van der Waals surface area contributed by atoms with E-state index in [1.165, 1.54) is 26.2 Å². The molecule has 0 fully saturated rings. The summed E-state index contributed by atoms with van der Waals surface area (Å²) in [5.41, 5.74) is 6.90. The van der Waals surface area contributed by atoms with Crippen LogP contribution in [-0.4, -0.2) is 32.2 Å². The summed E-state index contributed by atoms with van der Waals surface area (Å²) >= 11 is 0. The van der Waals surface area contributed by atoms with E-state index in [9.17, 15) is 13.2 Å². The maximum absolute atomic E-state index is 12.7. The predicted octanol–water partition coefficient (Wildman–Crippen LogP) is 2.28. The molecule has 8 heteroatoms. The fraction of sp³-hybridized carbons (Fsp3) is 0.353. The van der Waals surface area contributed by atoms with Crippen LogP contribution in [0.4, 0.5) is 5.69 Å². The van der Waals surface area contributed by atoms with Crippen molar-refractivity contribution >= 4 is 21.4 Å². The zero-order chi connectivity index (χ0) is 18.6. The maximum atomic E-state index is 12.7. The van der Waals surface area contributed by atoms with Gasteiger partial charge in [-0.2, -0.15) is 0 Å². The van der Waals surface area contributed by atoms with Gasteiger partial charge < -0.3 is 20.8 Å². The summed E-state index contributed by atoms with van der Waals surface area (Å²) in [5.74, 6) is -0.303. The monoisotopic (exact) mass is 365 g/mol. The number of hydrogen-bond acceptors (Lipinski definition) is 5. The minimum atomic E-state index is -3.55. The lowest BCUT2D eigenvalue weighted by Gasteiger charge is -2.18. The minimum Gasteiger partial charge on any atom is -0.496 e. The molecule has 4 N–H and O–H groups in total. The van der Waals surface area contributed by atoms with Crippen molar-refractivity contribution in [2.75, 3.05) is 18.6 Å². The molecule has 1 atom stereocenters. The van der Waals surface area contributed by atoms with Gasteiger partial charge in [-0.05, 0) is 24.6 Å². The van der Waals surface area contributed by atoms with Gasteiger partial charge in [-0.1, -0.05) is 13.8 Å². The number of sulfone groups is 1. The summed E-state index contributed by atoms with van der Waals surface area (Å²) in [5, 5.41) is 2.89. The van der Waals surface area contributed by atoms with Crippen LogP contribution >= 0.6 is 0 Å². The van der Waals surface area contributed by atoms with E-state index >= 15 is 0 Å². The van der Waals surface area contributed by atoms with Crippen LogP contribution < -0.4 is 15.8 Å². The first-order valence-corrected chi connectivity index (χ1v) is 9.63. The quantitative estimate of drug-likeness (QED) is 0.651. The molecule has 25 heavy (non-hydrogen) atoms. The number of ether oxygens (including phenoxy) is 1. The molecular formula is C17H23N3O4S. The van der Waals surface area contributed by atoms with Crippen molar-refractivity contribution in [1.82, 2.24) is 10.3 Å². The Morgan fingerprint density at radius 3 is 2.60 bits per heavy atom. The Labute approximate surface area is 147 Å². The van der Waals surface area contributed by atoms with Gasteiger partial charge in [-0.25, -0.2) is 8.42 Å². The number of anilines is 1. The molecule has 0 aliphatic heterocycles. The number of methoxy groups -OCH3 is 1. The van der Waals surface area contributed by atoms with Crippen molar-refractivity contribution in [2.24, 2.45) is 0 Å². The highest BCUT2D eigenvalue weighted by molar-refractivity contribution is 7.91. The van der Waals surface area contributed by atoms with Crippen molar-refractivity contribution in [1.29, 1.82) is 0 Å². The predicted molar refractivity (Wildman–Crippen MR) is 96.4 cm³/mol. The second-order valence-electron chi connectivity index (χ2n) is 5.55. The molecule has 2 aromatic rings. The number of rotatable bonds is 7. The topological polar surface area (TPSA) is 114 Å². The number of amides is 1. The van der Waals surface area contributed by atoms with Crippen LogP contribution in [0.3, 0.4) is 0 Å². The molecule has 1 aromatic carbocycles. The third-order valence-corrected chi connectivity index (χ3v) is 5.79. The van der Waals surface area contributed by atoms with E-state index in [2.05, 4.69) is 10.3 Å². The lowest BCUT2D eigenvalue weighted by Crippen LogP contribution is -2.29. The second-order valence-corrected chi connectivity index (χ2v) is 7.80. The number of carbonyl (C=O) groups excluding carboxylic acids is 1. The molecule has 1 aromatic heterocycles. The summed E-state index contributed by atoms with van der Waals surface area (Å²) in [7, 11) is -2.15. The van der Waals surface area contributed by atoms with Gasteiger partial charge in [-0.3, -0.25) is 4.79 Å². The molecule has 0 aliphatic rings. The van der Waals surface area contributed by atoms with E-state index in [-0.39, 0.29) is 33.7 Å². The standard InChI is InChI=1S/C17H23N3O4S/c1-4-13(14-7-6-8-19-14)20-17(21)11-9-16(25(22,23)5-2)12(18)10-15(11)24-3/h6-10,13,19H,4-5,18H2,1-3H3,(H,20,21). The number of nitrogens with two attached hydrogens (primary N) is 1. The van der Waals surface area contributed by atoms with Crippen molar-refractivity contribution in [2.45, 2.75) is 31.2 Å². The first-order valence-electron chi connectivity index (χ1n) is 7.98. The number of hydrogen-bond donors (Lipinski definition) is 3. The number of nitrogens with one attached hydrogen (secondary N) is 2. The number of benzene rings is 1. The molecule has 0 bridgehead atoms. The summed E-state index contributed by atoms with van der Waals surface area (Å²) in [4.78, 5) is 15.7. The SMILES string of the molecule is CCC(NC(=O)c1cc(S(=O)(=O)CC)c(N)cc1OC)c1ccc[nH]1. The molecule has 0 saturated carbocycles. The number of nitrogen functional groups attached to an aromatic ring is 1. The number of aromatic nitrogens is 1. The van der Waals surface area contributed by atoms with Gasteiger partial charge in [0.2, 0.25) is 0 Å². The highest BCUT2D eigenvalue weighted by Crippen LogP contribution is 2.30. The highest BCUT2D eigenvalue weighted by atomic mass is 32.2. The Kier molecular flexibility index (Phi) is 5.73. The van der Waals surface area contributed by atoms with E-state index in [0.29, 0.717) is 6.42 Å². The van der Waals surface area contributed by atoms with E-state index in [0.717, 1.165) is 5.69 Å². The first kappa shape index (κ1) is 18.9. The van der Waals surface area contributed by atoms with Crippen LogP contribution in [-0.2, 0) is 9.84 Å². The van der Waals surface area contributed by atoms with Gasteiger partial charge in [0.15, 0.2) is 9.84 Å². The zero-order valence-electron chi connectivity index (χ0n) is 14.5. The Bertz CT molecular complexity index is 845. The molecule has 136 valence electrons. The average molecular weight is 365 g/mol. The van der Waals surface area contributed by atoms with Gasteiger partial charge in [0.1, 0.15) is 5.75 Å². The van der Waals surface area contributed by atoms with Gasteiger partial charge in [0.05, 0.1) is 35.1 Å². The third kappa shape index (κ3) is 3.96. The van der Waals surface area contributed by atoms with Crippen LogP contribution in [0.25, 0.3) is 0 Å². The lowest BCUT2D eigenvalue weighted by atomic mass is 10.1. The molecule has 1 amide bonds. The molecule has 0 spiro atoms. The zero-order valence-corrected chi connectivity index (χ0v) is 15.3. The van der Waals surface area contributed by atoms with Crippen LogP contribution in [0.2, 0.25) is 0 Å². The van der Waals surface area contributed by atoms with E-state index in [4.69, 9.17) is 10.5 Å². The number of H-pyrrole nitrogens is 1.